The van der Waals surface area contributed by atoms with Crippen LogP contribution in [-0.4, -0.2) is 48.1 Å². The Hall–Kier alpha value is -1.47. The summed E-state index contributed by atoms with van der Waals surface area (Å²) in [5.74, 6) is -1.97. The molecule has 0 bridgehead atoms. The van der Waals surface area contributed by atoms with E-state index in [2.05, 4.69) is 5.32 Å². The summed E-state index contributed by atoms with van der Waals surface area (Å²) in [5.41, 5.74) is 4.25. The second-order valence-electron chi connectivity index (χ2n) is 4.39. The van der Waals surface area contributed by atoms with Crippen LogP contribution >= 0.6 is 0 Å². The van der Waals surface area contributed by atoms with E-state index in [1.807, 2.05) is 0 Å². The number of aliphatic hydroxyl groups is 2. The maximum absolute atomic E-state index is 11.3. The average Bonchev–Trinajstić information content (AvgIpc) is 2.30. The molecule has 0 aliphatic carbocycles. The van der Waals surface area contributed by atoms with Gasteiger partial charge in [-0.15, -0.1) is 0 Å². The van der Waals surface area contributed by atoms with Crippen LogP contribution in [-0.2, 0) is 14.4 Å². The van der Waals surface area contributed by atoms with E-state index >= 15 is 0 Å². The molecule has 2 amide bonds. The third-order valence-corrected chi connectivity index (χ3v) is 2.02. The van der Waals surface area contributed by atoms with Crippen molar-refractivity contribution in [2.24, 2.45) is 11.1 Å². The van der Waals surface area contributed by atoms with E-state index < -0.39 is 17.1 Å². The molecule has 0 unspecified atom stereocenters. The lowest BCUT2D eigenvalue weighted by Gasteiger charge is -2.20. The van der Waals surface area contributed by atoms with Crippen molar-refractivity contribution in [3.63, 3.8) is 0 Å². The van der Waals surface area contributed by atoms with Crippen LogP contribution in [0.4, 0.5) is 0 Å². The monoisotopic (exact) mass is 262 g/mol. The van der Waals surface area contributed by atoms with Crippen LogP contribution in [0.25, 0.3) is 0 Å². The summed E-state index contributed by atoms with van der Waals surface area (Å²) in [6.07, 6.45) is 0.0644. The van der Waals surface area contributed by atoms with E-state index in [4.69, 9.17) is 15.9 Å². The summed E-state index contributed by atoms with van der Waals surface area (Å²) in [4.78, 5) is 32.5. The number of carbonyl (C=O) groups excluding carboxylic acids is 3. The van der Waals surface area contributed by atoms with Crippen LogP contribution in [0.1, 0.15) is 26.7 Å². The van der Waals surface area contributed by atoms with E-state index in [1.165, 1.54) is 0 Å². The molecule has 7 heteroatoms. The number of nitrogens with one attached hydrogen (secondary N) is 1. The number of rotatable bonds is 7. The lowest BCUT2D eigenvalue weighted by molar-refractivity contribution is -0.136. The number of hydrogen-bond acceptors (Lipinski definition) is 5. The van der Waals surface area contributed by atoms with Crippen molar-refractivity contribution in [2.75, 3.05) is 20.3 Å². The van der Waals surface area contributed by atoms with Gasteiger partial charge in [0.05, 0.1) is 0 Å². The number of aliphatic hydroxyl groups excluding tert-OH is 2. The molecule has 7 nitrogen and oxygen atoms in total. The van der Waals surface area contributed by atoms with Crippen molar-refractivity contribution >= 4 is 17.6 Å². The molecule has 0 radical (unpaired) electrons. The fourth-order valence-corrected chi connectivity index (χ4v) is 0.992. The van der Waals surface area contributed by atoms with E-state index in [0.29, 0.717) is 0 Å². The van der Waals surface area contributed by atoms with Gasteiger partial charge in [-0.1, -0.05) is 13.8 Å². The van der Waals surface area contributed by atoms with Gasteiger partial charge in [0.1, 0.15) is 0 Å². The topological polar surface area (TPSA) is 130 Å². The van der Waals surface area contributed by atoms with Gasteiger partial charge in [-0.05, 0) is 5.41 Å². The Morgan fingerprint density at radius 3 is 2.11 bits per heavy atom. The predicted octanol–water partition coefficient (Wildman–Crippen LogP) is -1.44. The molecule has 0 rings (SSSR count). The molecular formula is C11H22N2O5. The van der Waals surface area contributed by atoms with E-state index in [0.717, 1.165) is 7.11 Å². The zero-order chi connectivity index (χ0) is 14.8. The smallest absolute Gasteiger partial charge is 0.284 e. The van der Waals surface area contributed by atoms with Gasteiger partial charge in [0.25, 0.3) is 5.91 Å². The van der Waals surface area contributed by atoms with E-state index in [1.54, 1.807) is 13.8 Å². The molecule has 0 aliphatic rings. The van der Waals surface area contributed by atoms with Gasteiger partial charge in [-0.2, -0.15) is 0 Å². The Balaban J connectivity index is 0. The third-order valence-electron chi connectivity index (χ3n) is 2.02. The first-order valence-electron chi connectivity index (χ1n) is 5.43. The molecule has 0 fully saturated rings. The lowest BCUT2D eigenvalue weighted by Crippen LogP contribution is -2.33. The van der Waals surface area contributed by atoms with Gasteiger partial charge in [-0.3, -0.25) is 14.4 Å². The SMILES string of the molecule is CC(C)(CO)CC(=O)NCCC(=O)C(N)=O.CO. The van der Waals surface area contributed by atoms with Crippen molar-refractivity contribution in [2.45, 2.75) is 26.7 Å². The average molecular weight is 262 g/mol. The molecule has 0 atom stereocenters. The number of nitrogens with two attached hydrogens (primary N) is 1. The molecule has 0 aromatic rings. The second kappa shape index (κ2) is 9.55. The molecule has 0 aromatic heterocycles. The minimum absolute atomic E-state index is 0.0854. The summed E-state index contributed by atoms with van der Waals surface area (Å²) in [7, 11) is 1.00. The number of amides is 2. The predicted molar refractivity (Wildman–Crippen MR) is 65.5 cm³/mol. The fraction of sp³-hybridized carbons (Fsp3) is 0.727. The molecule has 18 heavy (non-hydrogen) atoms. The molecule has 0 heterocycles. The normalized spacial score (nSPS) is 10.1. The highest BCUT2D eigenvalue weighted by Gasteiger charge is 2.20. The molecule has 0 aliphatic heterocycles. The Kier molecular flexibility index (Phi) is 10.0. The molecule has 0 aromatic carbocycles. The van der Waals surface area contributed by atoms with Gasteiger partial charge in [0, 0.05) is 33.1 Å². The quantitative estimate of drug-likeness (QED) is 0.418. The number of primary amides is 1. The van der Waals surface area contributed by atoms with Crippen LogP contribution in [0.2, 0.25) is 0 Å². The largest absolute Gasteiger partial charge is 0.400 e. The van der Waals surface area contributed by atoms with Crippen molar-refractivity contribution in [3.8, 4) is 0 Å². The fourth-order valence-electron chi connectivity index (χ4n) is 0.992. The van der Waals surface area contributed by atoms with Gasteiger partial charge in [-0.25, -0.2) is 0 Å². The molecule has 0 spiro atoms. The molecule has 0 saturated carbocycles. The molecular weight excluding hydrogens is 240 g/mol. The zero-order valence-electron chi connectivity index (χ0n) is 11.0. The number of carbonyl (C=O) groups is 3. The van der Waals surface area contributed by atoms with Gasteiger partial charge in [0.2, 0.25) is 11.7 Å². The van der Waals surface area contributed by atoms with Crippen LogP contribution in [0.15, 0.2) is 0 Å². The maximum atomic E-state index is 11.3. The minimum atomic E-state index is -0.995. The third kappa shape index (κ3) is 9.73. The van der Waals surface area contributed by atoms with Crippen LogP contribution in [0, 0.1) is 5.41 Å². The second-order valence-corrected chi connectivity index (χ2v) is 4.39. The Morgan fingerprint density at radius 1 is 1.22 bits per heavy atom. The van der Waals surface area contributed by atoms with Crippen LogP contribution < -0.4 is 11.1 Å². The first-order valence-corrected chi connectivity index (χ1v) is 5.43. The highest BCUT2D eigenvalue weighted by molar-refractivity contribution is 6.35. The van der Waals surface area contributed by atoms with Gasteiger partial charge in [0.15, 0.2) is 0 Å². The van der Waals surface area contributed by atoms with Crippen molar-refractivity contribution < 1.29 is 24.6 Å². The Bertz CT molecular complexity index is 289. The standard InChI is InChI=1S/C10H18N2O4.CH4O/c1-10(2,6-13)5-8(15)12-4-3-7(14)9(11)16;1-2/h13H,3-6H2,1-2H3,(H2,11,16)(H,12,15);2H,1H3. The maximum Gasteiger partial charge on any atom is 0.284 e. The zero-order valence-corrected chi connectivity index (χ0v) is 11.0. The highest BCUT2D eigenvalue weighted by atomic mass is 16.3. The molecule has 106 valence electrons. The van der Waals surface area contributed by atoms with E-state index in [-0.39, 0.29) is 31.9 Å². The first-order chi connectivity index (χ1) is 8.28. The van der Waals surface area contributed by atoms with Crippen molar-refractivity contribution in [1.29, 1.82) is 0 Å². The Morgan fingerprint density at radius 2 is 1.72 bits per heavy atom. The van der Waals surface area contributed by atoms with Gasteiger partial charge >= 0.3 is 0 Å². The summed E-state index contributed by atoms with van der Waals surface area (Å²) >= 11 is 0. The number of hydrogen-bond donors (Lipinski definition) is 4. The summed E-state index contributed by atoms with van der Waals surface area (Å²) in [6.45, 7) is 3.49. The molecule has 5 N–H and O–H groups in total. The van der Waals surface area contributed by atoms with E-state index in [9.17, 15) is 14.4 Å². The summed E-state index contributed by atoms with van der Waals surface area (Å²) in [5, 5.41) is 18.4. The number of ketones is 1. The first kappa shape index (κ1) is 18.9. The minimum Gasteiger partial charge on any atom is -0.400 e. The van der Waals surface area contributed by atoms with Crippen molar-refractivity contribution in [3.05, 3.63) is 0 Å². The van der Waals surface area contributed by atoms with Gasteiger partial charge < -0.3 is 21.3 Å². The lowest BCUT2D eigenvalue weighted by atomic mass is 9.90. The summed E-state index contributed by atoms with van der Waals surface area (Å²) < 4.78 is 0. The molecule has 0 saturated heterocycles. The highest BCUT2D eigenvalue weighted by Crippen LogP contribution is 2.18. The van der Waals surface area contributed by atoms with Crippen LogP contribution in [0.3, 0.4) is 0 Å². The Labute approximate surface area is 106 Å². The summed E-state index contributed by atoms with van der Waals surface area (Å²) in [6, 6.07) is 0. The van der Waals surface area contributed by atoms with Crippen LogP contribution in [0.5, 0.6) is 0 Å². The van der Waals surface area contributed by atoms with Crippen molar-refractivity contribution in [1.82, 2.24) is 5.32 Å². The number of Topliss-reactive ketones (excluding diaryl/α,β-unsaturated/α-hetero) is 1.